The summed E-state index contributed by atoms with van der Waals surface area (Å²) in [6.45, 7) is -0.0260. The van der Waals surface area contributed by atoms with E-state index < -0.39 is 104 Å². The third-order valence-electron chi connectivity index (χ3n) is 10.1. The molecule has 4 amide bonds. The van der Waals surface area contributed by atoms with Gasteiger partial charge in [-0.25, -0.2) is 26.9 Å². The Hall–Kier alpha value is -4.24. The zero-order valence-electron chi connectivity index (χ0n) is 26.0. The number of methoxy groups -OCH3 is 1. The minimum atomic E-state index is -2.71. The number of aliphatic carboxylic acids is 1. The molecule has 2 aromatic rings. The van der Waals surface area contributed by atoms with Gasteiger partial charge in [0.05, 0.1) is 18.9 Å². The highest BCUT2D eigenvalue weighted by Crippen LogP contribution is 2.66. The number of carboxylic acids is 1. The molecule has 0 radical (unpaired) electrons. The normalized spacial score (nSPS) is 28.8. The summed E-state index contributed by atoms with van der Waals surface area (Å²) in [5, 5.41) is 19.2. The molecule has 10 nitrogen and oxygen atoms in total. The topological polar surface area (TPSA) is 142 Å². The van der Waals surface area contributed by atoms with E-state index in [0.29, 0.717) is 19.3 Å². The number of amides is 4. The smallest absolute Gasteiger partial charge is 0.303 e. The molecule has 1 saturated carbocycles. The highest BCUT2D eigenvalue weighted by molar-refractivity contribution is 6.58. The number of nitrogens with zero attached hydrogens (tertiary/aromatic N) is 2. The number of halogens is 7. The minimum Gasteiger partial charge on any atom is -0.504 e. The van der Waals surface area contributed by atoms with Crippen LogP contribution in [0.4, 0.5) is 27.6 Å². The van der Waals surface area contributed by atoms with Crippen LogP contribution in [0.5, 0.6) is 11.5 Å². The number of alkyl halides is 2. The number of unbranched alkanes of at least 4 members (excludes halogenated alkanes) is 2. The predicted molar refractivity (Wildman–Crippen MR) is 164 cm³/mol. The first-order valence-electron chi connectivity index (χ1n) is 15.4. The zero-order valence-corrected chi connectivity index (χ0v) is 27.5. The van der Waals surface area contributed by atoms with E-state index in [9.17, 15) is 42.3 Å². The molecule has 2 aliphatic heterocycles. The number of ether oxygens (including phenoxy) is 1. The highest BCUT2D eigenvalue weighted by Gasteiger charge is 2.77. The van der Waals surface area contributed by atoms with E-state index in [2.05, 4.69) is 0 Å². The zero-order chi connectivity index (χ0) is 36.6. The lowest BCUT2D eigenvalue weighted by atomic mass is 9.56. The summed E-state index contributed by atoms with van der Waals surface area (Å²) in [6.07, 6.45) is 1.79. The van der Waals surface area contributed by atoms with Gasteiger partial charge in [-0.2, -0.15) is 0 Å². The number of hydrogen-bond acceptors (Lipinski definition) is 7. The van der Waals surface area contributed by atoms with Gasteiger partial charge in [0.1, 0.15) is 5.69 Å². The lowest BCUT2D eigenvalue weighted by Gasteiger charge is -2.50. The average molecular weight is 745 g/mol. The Morgan fingerprint density at radius 2 is 1.56 bits per heavy atom. The van der Waals surface area contributed by atoms with E-state index in [1.54, 1.807) is 6.08 Å². The molecule has 0 aromatic heterocycles. The van der Waals surface area contributed by atoms with Crippen molar-refractivity contribution >= 4 is 58.5 Å². The SMILES string of the molecule is COc1cc(C2C3=CCC4C(=O)N(CCCCCC(=O)O)C(=O)C4C3CC3(Cl)C(=O)N(c4c(F)c(F)c(F)c(F)c4F)C(=O)C23Cl)ccc1O. The van der Waals surface area contributed by atoms with Crippen LogP contribution in [0, 0.1) is 46.8 Å². The molecule has 6 rings (SSSR count). The molecule has 2 aliphatic carbocycles. The number of aromatic hydroxyl groups is 1. The minimum absolute atomic E-state index is 0.0260. The van der Waals surface area contributed by atoms with Crippen molar-refractivity contribution in [3.8, 4) is 11.5 Å². The number of rotatable bonds is 9. The largest absolute Gasteiger partial charge is 0.504 e. The maximum atomic E-state index is 15.2. The molecule has 2 saturated heterocycles. The fourth-order valence-electron chi connectivity index (χ4n) is 7.82. The summed E-state index contributed by atoms with van der Waals surface area (Å²) in [5.41, 5.74) is -1.57. The van der Waals surface area contributed by atoms with Gasteiger partial charge in [-0.3, -0.25) is 28.9 Å². The standard InChI is InChI=1S/C33H27Cl2F5N2O8/c1-50-18-11-13(6-9-17(18)43)21-14-7-8-15-20(29(47)41(28(15)46)10-4-2-3-5-19(44)45)16(14)12-32(34)30(48)42(31(49)33(21,32)35)27-25(39)23(37)22(36)24(38)26(27)40/h6-7,9,11,15-16,20-21,43H,2-5,8,10,12H2,1H3,(H,44,45). The summed E-state index contributed by atoms with van der Waals surface area (Å²) in [6, 6.07) is 3.71. The summed E-state index contributed by atoms with van der Waals surface area (Å²) in [5.74, 6) is -22.9. The molecule has 3 fully saturated rings. The maximum absolute atomic E-state index is 15.2. The second kappa shape index (κ2) is 12.5. The number of phenols is 1. The van der Waals surface area contributed by atoms with Crippen molar-refractivity contribution in [1.82, 2.24) is 4.90 Å². The summed E-state index contributed by atoms with van der Waals surface area (Å²) in [7, 11) is 1.21. The van der Waals surface area contributed by atoms with Crippen LogP contribution in [0.25, 0.3) is 0 Å². The molecule has 4 aliphatic rings. The van der Waals surface area contributed by atoms with E-state index in [1.807, 2.05) is 0 Å². The number of benzene rings is 2. The second-order valence-corrected chi connectivity index (χ2v) is 13.9. The number of phenolic OH excluding ortho intramolecular Hbond substituents is 1. The number of imide groups is 2. The first-order chi connectivity index (χ1) is 23.5. The average Bonchev–Trinajstić information content (AvgIpc) is 3.40. The van der Waals surface area contributed by atoms with Crippen molar-refractivity contribution in [3.63, 3.8) is 0 Å². The molecule has 6 unspecified atom stereocenters. The molecule has 0 bridgehead atoms. The predicted octanol–water partition coefficient (Wildman–Crippen LogP) is 5.30. The van der Waals surface area contributed by atoms with E-state index in [1.165, 1.54) is 25.3 Å². The maximum Gasteiger partial charge on any atom is 0.303 e. The van der Waals surface area contributed by atoms with Crippen molar-refractivity contribution in [2.24, 2.45) is 17.8 Å². The van der Waals surface area contributed by atoms with Gasteiger partial charge in [0.25, 0.3) is 11.8 Å². The fourth-order valence-corrected chi connectivity index (χ4v) is 8.76. The number of carboxylic acid groups (broad SMARTS) is 1. The Morgan fingerprint density at radius 3 is 2.18 bits per heavy atom. The number of allylic oxidation sites excluding steroid dienone is 2. The van der Waals surface area contributed by atoms with Gasteiger partial charge in [0.2, 0.25) is 17.6 Å². The van der Waals surface area contributed by atoms with Gasteiger partial charge in [-0.15, -0.1) is 23.2 Å². The Labute approximate surface area is 290 Å². The van der Waals surface area contributed by atoms with Gasteiger partial charge < -0.3 is 14.9 Å². The van der Waals surface area contributed by atoms with E-state index in [4.69, 9.17) is 33.0 Å². The van der Waals surface area contributed by atoms with Crippen LogP contribution in [0.3, 0.4) is 0 Å². The van der Waals surface area contributed by atoms with Crippen molar-refractivity contribution in [3.05, 3.63) is 64.5 Å². The third kappa shape index (κ3) is 4.90. The van der Waals surface area contributed by atoms with Crippen LogP contribution in [0.2, 0.25) is 0 Å². The van der Waals surface area contributed by atoms with Crippen LogP contribution in [-0.2, 0) is 24.0 Å². The van der Waals surface area contributed by atoms with Crippen molar-refractivity contribution < 1.29 is 60.9 Å². The van der Waals surface area contributed by atoms with Crippen LogP contribution >= 0.6 is 23.2 Å². The molecule has 6 atom stereocenters. The number of likely N-dealkylation sites (tertiary alicyclic amines) is 1. The molecule has 0 spiro atoms. The number of carbonyl (C=O) groups is 5. The van der Waals surface area contributed by atoms with E-state index in [0.717, 1.165) is 4.90 Å². The fraction of sp³-hybridized carbons (Fsp3) is 0.424. The van der Waals surface area contributed by atoms with E-state index in [-0.39, 0.29) is 46.9 Å². The Bertz CT molecular complexity index is 1880. The molecule has 50 heavy (non-hydrogen) atoms. The third-order valence-corrected chi connectivity index (χ3v) is 11.5. The molecule has 266 valence electrons. The first kappa shape index (κ1) is 35.6. The Morgan fingerprint density at radius 1 is 0.920 bits per heavy atom. The van der Waals surface area contributed by atoms with Crippen LogP contribution < -0.4 is 9.64 Å². The van der Waals surface area contributed by atoms with E-state index >= 15 is 8.78 Å². The van der Waals surface area contributed by atoms with Gasteiger partial charge in [0, 0.05) is 18.9 Å². The second-order valence-electron chi connectivity index (χ2n) is 12.7. The summed E-state index contributed by atoms with van der Waals surface area (Å²) < 4.78 is 78.3. The number of fused-ring (bicyclic) bond motifs is 4. The summed E-state index contributed by atoms with van der Waals surface area (Å²) >= 11 is 14.2. The van der Waals surface area contributed by atoms with Crippen LogP contribution in [-0.4, -0.2) is 68.1 Å². The lowest BCUT2D eigenvalue weighted by Crippen LogP contribution is -2.60. The molecule has 17 heteroatoms. The molecule has 2 heterocycles. The quantitative estimate of drug-likeness (QED) is 0.0670. The number of anilines is 1. The lowest BCUT2D eigenvalue weighted by molar-refractivity contribution is -0.141. The van der Waals surface area contributed by atoms with Crippen molar-refractivity contribution in [2.75, 3.05) is 18.6 Å². The van der Waals surface area contributed by atoms with Crippen molar-refractivity contribution in [1.29, 1.82) is 0 Å². The monoisotopic (exact) mass is 744 g/mol. The molecule has 2 aromatic carbocycles. The van der Waals surface area contributed by atoms with Gasteiger partial charge >= 0.3 is 5.97 Å². The van der Waals surface area contributed by atoms with Gasteiger partial charge in [-0.05, 0) is 49.3 Å². The molecular formula is C33H27Cl2F5N2O8. The van der Waals surface area contributed by atoms with Crippen LogP contribution in [0.1, 0.15) is 50.0 Å². The Balaban J connectivity index is 1.48. The number of hydrogen-bond donors (Lipinski definition) is 2. The summed E-state index contributed by atoms with van der Waals surface area (Å²) in [4.78, 5) is 62.2. The van der Waals surface area contributed by atoms with Gasteiger partial charge in [-0.1, -0.05) is 24.1 Å². The highest BCUT2D eigenvalue weighted by atomic mass is 35.5. The Kier molecular flexibility index (Phi) is 8.91. The molecule has 2 N–H and O–H groups in total. The first-order valence-corrected chi connectivity index (χ1v) is 16.2. The van der Waals surface area contributed by atoms with Gasteiger partial charge in [0.15, 0.2) is 44.5 Å². The molecular weight excluding hydrogens is 718 g/mol. The van der Waals surface area contributed by atoms with Crippen molar-refractivity contribution in [2.45, 2.75) is 54.2 Å². The number of carbonyl (C=O) groups excluding carboxylic acids is 4. The van der Waals surface area contributed by atoms with Crippen LogP contribution in [0.15, 0.2) is 29.8 Å².